The van der Waals surface area contributed by atoms with Crippen LogP contribution in [0.5, 0.6) is 0 Å². The second-order valence-electron chi connectivity index (χ2n) is 5.17. The fraction of sp³-hybridized carbons (Fsp3) is 0.286. The average molecular weight is 230 g/mol. The summed E-state index contributed by atoms with van der Waals surface area (Å²) < 4.78 is 5.63. The van der Waals surface area contributed by atoms with Crippen LogP contribution in [0.4, 0.5) is 0 Å². The summed E-state index contributed by atoms with van der Waals surface area (Å²) in [7, 11) is -1.27. The highest BCUT2D eigenvalue weighted by atomic mass is 28.3. The van der Waals surface area contributed by atoms with Crippen molar-refractivity contribution in [2.45, 2.75) is 26.1 Å². The maximum Gasteiger partial charge on any atom is 0.107 e. The fourth-order valence-electron chi connectivity index (χ4n) is 1.93. The molecule has 1 nitrogen and oxygen atoms in total. The van der Waals surface area contributed by atoms with E-state index in [1.165, 1.54) is 10.8 Å². The van der Waals surface area contributed by atoms with Gasteiger partial charge in [-0.3, -0.25) is 0 Å². The van der Waals surface area contributed by atoms with E-state index in [1.54, 1.807) is 0 Å². The number of hydrogen-bond donors (Lipinski definition) is 0. The molecule has 2 heteroatoms. The largest absolute Gasteiger partial charge is 0.469 e. The van der Waals surface area contributed by atoms with Crippen LogP contribution in [0.1, 0.15) is 11.3 Å². The summed E-state index contributed by atoms with van der Waals surface area (Å²) in [6.45, 7) is 7.06. The molecule has 0 amide bonds. The summed E-state index contributed by atoms with van der Waals surface area (Å²) >= 11 is 0. The first-order valence-corrected chi connectivity index (χ1v) is 9.18. The molecule has 0 aliphatic heterocycles. The Balaban J connectivity index is 2.26. The molecule has 0 fully saturated rings. The summed E-state index contributed by atoms with van der Waals surface area (Å²) in [4.78, 5) is 0. The van der Waals surface area contributed by atoms with Crippen molar-refractivity contribution in [2.75, 3.05) is 0 Å². The smallest absolute Gasteiger partial charge is 0.107 e. The summed E-state index contributed by atoms with van der Waals surface area (Å²) in [5.41, 5.74) is 1.32. The molecule has 0 atom stereocenters. The van der Waals surface area contributed by atoms with Crippen LogP contribution >= 0.6 is 0 Å². The minimum atomic E-state index is -1.27. The maximum absolute atomic E-state index is 5.63. The van der Waals surface area contributed by atoms with Crippen molar-refractivity contribution in [1.29, 1.82) is 0 Å². The lowest BCUT2D eigenvalue weighted by atomic mass is 10.1. The van der Waals surface area contributed by atoms with Gasteiger partial charge >= 0.3 is 0 Å². The quantitative estimate of drug-likeness (QED) is 0.736. The van der Waals surface area contributed by atoms with E-state index in [2.05, 4.69) is 50.0 Å². The third-order valence-electron chi connectivity index (χ3n) is 2.76. The van der Waals surface area contributed by atoms with Crippen LogP contribution in [0.2, 0.25) is 19.6 Å². The van der Waals surface area contributed by atoms with Crippen molar-refractivity contribution in [1.82, 2.24) is 0 Å². The van der Waals surface area contributed by atoms with E-state index in [0.29, 0.717) is 0 Å². The molecule has 0 unspecified atom stereocenters. The average Bonchev–Trinajstić information content (AvgIpc) is 2.67. The zero-order valence-electron chi connectivity index (χ0n) is 10.2. The highest BCUT2D eigenvalue weighted by Gasteiger charge is 2.22. The van der Waals surface area contributed by atoms with Crippen molar-refractivity contribution in [2.24, 2.45) is 0 Å². The molecule has 84 valence electrons. The van der Waals surface area contributed by atoms with Gasteiger partial charge in [-0.15, -0.1) is 0 Å². The van der Waals surface area contributed by atoms with E-state index in [1.807, 2.05) is 12.3 Å². The zero-order chi connectivity index (χ0) is 11.6. The Morgan fingerprint density at radius 2 is 1.69 bits per heavy atom. The summed E-state index contributed by atoms with van der Waals surface area (Å²) in [6.07, 6.45) is 2.74. The number of benzene rings is 1. The molecule has 0 saturated carbocycles. The Morgan fingerprint density at radius 3 is 2.31 bits per heavy atom. The summed E-state index contributed by atoms with van der Waals surface area (Å²) in [5, 5.41) is 1.44. The second kappa shape index (κ2) is 4.30. The van der Waals surface area contributed by atoms with Gasteiger partial charge in [0, 0.05) is 6.42 Å². The van der Waals surface area contributed by atoms with E-state index in [-0.39, 0.29) is 0 Å². The summed E-state index contributed by atoms with van der Waals surface area (Å²) in [5.74, 6) is 1.14. The van der Waals surface area contributed by atoms with Crippen LogP contribution in [0.3, 0.4) is 0 Å². The van der Waals surface area contributed by atoms with Gasteiger partial charge in [0.1, 0.15) is 5.76 Å². The zero-order valence-corrected chi connectivity index (χ0v) is 11.2. The van der Waals surface area contributed by atoms with E-state index in [4.69, 9.17) is 4.42 Å². The molecular formula is C14H18OSi. The monoisotopic (exact) mass is 230 g/mol. The predicted molar refractivity (Wildman–Crippen MR) is 70.9 cm³/mol. The molecule has 0 N–H and O–H groups in total. The molecule has 16 heavy (non-hydrogen) atoms. The lowest BCUT2D eigenvalue weighted by Gasteiger charge is -2.15. The maximum atomic E-state index is 5.63. The van der Waals surface area contributed by atoms with Crippen LogP contribution in [0, 0.1) is 0 Å². The lowest BCUT2D eigenvalue weighted by Crippen LogP contribution is -2.38. The topological polar surface area (TPSA) is 13.1 Å². The highest BCUT2D eigenvalue weighted by molar-refractivity contribution is 6.89. The molecular weight excluding hydrogens is 212 g/mol. The molecule has 1 heterocycles. The molecule has 0 spiro atoms. The van der Waals surface area contributed by atoms with Gasteiger partial charge in [-0.05, 0) is 16.8 Å². The SMILES string of the molecule is C[Si](C)(C)c1ccoc1Cc1ccccc1. The van der Waals surface area contributed by atoms with Gasteiger partial charge in [0.2, 0.25) is 0 Å². The van der Waals surface area contributed by atoms with E-state index < -0.39 is 8.07 Å². The standard InChI is InChI=1S/C14H18OSi/c1-16(2,3)14-9-10-15-13(14)11-12-7-5-4-6-8-12/h4-10H,11H2,1-3H3. The number of hydrogen-bond acceptors (Lipinski definition) is 1. The van der Waals surface area contributed by atoms with Crippen LogP contribution in [0.15, 0.2) is 47.1 Å². The third-order valence-corrected chi connectivity index (χ3v) is 4.82. The van der Waals surface area contributed by atoms with Crippen LogP contribution in [-0.4, -0.2) is 8.07 Å². The first-order valence-electron chi connectivity index (χ1n) is 5.68. The molecule has 0 bridgehead atoms. The lowest BCUT2D eigenvalue weighted by molar-refractivity contribution is 0.523. The first-order chi connectivity index (χ1) is 7.57. The molecule has 1 aromatic heterocycles. The van der Waals surface area contributed by atoms with Crippen molar-refractivity contribution in [3.63, 3.8) is 0 Å². The van der Waals surface area contributed by atoms with E-state index in [0.717, 1.165) is 12.2 Å². The van der Waals surface area contributed by atoms with E-state index in [9.17, 15) is 0 Å². The van der Waals surface area contributed by atoms with Crippen molar-refractivity contribution in [3.8, 4) is 0 Å². The number of rotatable bonds is 3. The Hall–Kier alpha value is -1.28. The second-order valence-corrected chi connectivity index (χ2v) is 10.2. The van der Waals surface area contributed by atoms with Gasteiger partial charge in [-0.25, -0.2) is 0 Å². The molecule has 2 rings (SSSR count). The molecule has 0 radical (unpaired) electrons. The van der Waals surface area contributed by atoms with Gasteiger partial charge < -0.3 is 4.42 Å². The molecule has 0 aliphatic rings. The van der Waals surface area contributed by atoms with Gasteiger partial charge in [0.05, 0.1) is 14.3 Å². The number of furan rings is 1. The fourth-order valence-corrected chi connectivity index (χ4v) is 3.48. The normalized spacial score (nSPS) is 11.7. The molecule has 2 aromatic rings. The van der Waals surface area contributed by atoms with Gasteiger partial charge in [-0.2, -0.15) is 0 Å². The van der Waals surface area contributed by atoms with Gasteiger partial charge in [0.15, 0.2) is 0 Å². The highest BCUT2D eigenvalue weighted by Crippen LogP contribution is 2.13. The Labute approximate surface area is 98.1 Å². The van der Waals surface area contributed by atoms with Gasteiger partial charge in [-0.1, -0.05) is 50.0 Å². The van der Waals surface area contributed by atoms with Crippen molar-refractivity contribution in [3.05, 3.63) is 54.0 Å². The Morgan fingerprint density at radius 1 is 1.00 bits per heavy atom. The molecule has 1 aromatic carbocycles. The molecule has 0 saturated heterocycles. The first kappa shape index (κ1) is 11.2. The van der Waals surface area contributed by atoms with Gasteiger partial charge in [0.25, 0.3) is 0 Å². The van der Waals surface area contributed by atoms with Crippen LogP contribution in [-0.2, 0) is 6.42 Å². The summed E-state index contributed by atoms with van der Waals surface area (Å²) in [6, 6.07) is 12.6. The minimum Gasteiger partial charge on any atom is -0.469 e. The van der Waals surface area contributed by atoms with Crippen LogP contribution < -0.4 is 5.19 Å². The van der Waals surface area contributed by atoms with Crippen molar-refractivity contribution >= 4 is 13.3 Å². The van der Waals surface area contributed by atoms with Crippen molar-refractivity contribution < 1.29 is 4.42 Å². The Kier molecular flexibility index (Phi) is 3.01. The minimum absolute atomic E-state index is 0.910. The predicted octanol–water partition coefficient (Wildman–Crippen LogP) is 3.42. The molecule has 0 aliphatic carbocycles. The Bertz CT molecular complexity index is 451. The van der Waals surface area contributed by atoms with Crippen LogP contribution in [0.25, 0.3) is 0 Å². The van der Waals surface area contributed by atoms with E-state index >= 15 is 0 Å². The third kappa shape index (κ3) is 2.45.